The lowest BCUT2D eigenvalue weighted by Crippen LogP contribution is -2.07. The first-order chi connectivity index (χ1) is 12.4. The Balaban J connectivity index is 1.71. The molecule has 0 unspecified atom stereocenters. The van der Waals surface area contributed by atoms with E-state index < -0.39 is 11.7 Å². The number of halogens is 3. The topological polar surface area (TPSA) is 62.7 Å². The number of benzene rings is 1. The summed E-state index contributed by atoms with van der Waals surface area (Å²) in [7, 11) is 0. The van der Waals surface area contributed by atoms with Gasteiger partial charge >= 0.3 is 6.18 Å². The quantitative estimate of drug-likeness (QED) is 0.699. The first-order valence-electron chi connectivity index (χ1n) is 7.83. The molecule has 0 atom stereocenters. The molecule has 0 amide bonds. The minimum atomic E-state index is -4.35. The van der Waals surface area contributed by atoms with E-state index in [4.69, 9.17) is 0 Å². The Labute approximate surface area is 148 Å². The summed E-state index contributed by atoms with van der Waals surface area (Å²) in [6.07, 6.45) is -0.920. The third kappa shape index (κ3) is 4.69. The maximum absolute atomic E-state index is 12.6. The summed E-state index contributed by atoms with van der Waals surface area (Å²) in [5.41, 5.74) is 1.52. The van der Waals surface area contributed by atoms with Crippen molar-refractivity contribution in [1.29, 1.82) is 0 Å². The van der Waals surface area contributed by atoms with Crippen molar-refractivity contribution in [3.63, 3.8) is 0 Å². The van der Waals surface area contributed by atoms with E-state index in [0.717, 1.165) is 23.4 Å². The molecule has 0 bridgehead atoms. The molecule has 0 saturated heterocycles. The molecule has 5 nitrogen and oxygen atoms in total. The molecule has 26 heavy (non-hydrogen) atoms. The van der Waals surface area contributed by atoms with Crippen LogP contribution in [0.1, 0.15) is 16.8 Å². The van der Waals surface area contributed by atoms with Crippen LogP contribution in [0.2, 0.25) is 0 Å². The van der Waals surface area contributed by atoms with Crippen molar-refractivity contribution in [2.24, 2.45) is 0 Å². The van der Waals surface area contributed by atoms with Gasteiger partial charge in [0, 0.05) is 36.4 Å². The van der Waals surface area contributed by atoms with Gasteiger partial charge in [-0.15, -0.1) is 0 Å². The highest BCUT2D eigenvalue weighted by atomic mass is 19.4. The number of aromatic nitrogens is 3. The van der Waals surface area contributed by atoms with E-state index >= 15 is 0 Å². The summed E-state index contributed by atoms with van der Waals surface area (Å²) in [6, 6.07) is 10.3. The second-order valence-electron chi connectivity index (χ2n) is 5.63. The minimum absolute atomic E-state index is 0.420. The van der Waals surface area contributed by atoms with Crippen molar-refractivity contribution in [2.45, 2.75) is 19.6 Å². The molecule has 0 aliphatic rings. The molecule has 0 saturated carbocycles. The van der Waals surface area contributed by atoms with Crippen LogP contribution in [-0.2, 0) is 12.7 Å². The Morgan fingerprint density at radius 3 is 2.46 bits per heavy atom. The number of nitrogens with one attached hydrogen (secondary N) is 2. The lowest BCUT2D eigenvalue weighted by atomic mass is 10.2. The van der Waals surface area contributed by atoms with Crippen LogP contribution in [0.15, 0.2) is 54.9 Å². The molecule has 0 fully saturated rings. The zero-order valence-electron chi connectivity index (χ0n) is 13.9. The van der Waals surface area contributed by atoms with Gasteiger partial charge in [0.2, 0.25) is 5.95 Å². The number of alkyl halides is 3. The van der Waals surface area contributed by atoms with Crippen molar-refractivity contribution >= 4 is 17.5 Å². The van der Waals surface area contributed by atoms with E-state index in [1.807, 2.05) is 19.1 Å². The van der Waals surface area contributed by atoms with E-state index in [0.29, 0.717) is 24.0 Å². The molecule has 2 heterocycles. The third-order valence-electron chi connectivity index (χ3n) is 3.51. The van der Waals surface area contributed by atoms with Crippen LogP contribution in [-0.4, -0.2) is 15.0 Å². The monoisotopic (exact) mass is 359 g/mol. The van der Waals surface area contributed by atoms with Gasteiger partial charge in [0.05, 0.1) is 5.56 Å². The van der Waals surface area contributed by atoms with Crippen LogP contribution in [0.4, 0.5) is 30.6 Å². The lowest BCUT2D eigenvalue weighted by molar-refractivity contribution is -0.137. The minimum Gasteiger partial charge on any atom is -0.350 e. The molecule has 2 aromatic heterocycles. The molecule has 0 aliphatic heterocycles. The predicted octanol–water partition coefficient (Wildman–Crippen LogP) is 4.55. The lowest BCUT2D eigenvalue weighted by Gasteiger charge is -2.11. The first-order valence-corrected chi connectivity index (χ1v) is 7.83. The molecular weight excluding hydrogens is 343 g/mol. The number of nitrogens with zero attached hydrogens (tertiary/aromatic N) is 3. The first kappa shape index (κ1) is 17.7. The zero-order valence-corrected chi connectivity index (χ0v) is 13.9. The molecule has 0 spiro atoms. The highest BCUT2D eigenvalue weighted by Crippen LogP contribution is 2.30. The Morgan fingerprint density at radius 2 is 1.81 bits per heavy atom. The normalized spacial score (nSPS) is 11.2. The van der Waals surface area contributed by atoms with Crippen molar-refractivity contribution in [2.75, 3.05) is 10.6 Å². The van der Waals surface area contributed by atoms with Gasteiger partial charge < -0.3 is 10.6 Å². The van der Waals surface area contributed by atoms with Crippen LogP contribution in [0, 0.1) is 6.92 Å². The highest BCUT2D eigenvalue weighted by molar-refractivity contribution is 5.58. The van der Waals surface area contributed by atoms with Crippen LogP contribution in [0.3, 0.4) is 0 Å². The summed E-state index contributed by atoms with van der Waals surface area (Å²) in [5, 5.41) is 6.10. The molecule has 134 valence electrons. The SMILES string of the molecule is Cc1cc(Nc2ccc(C(F)(F)F)cc2)nc(NCc2cccnc2)n1. The Morgan fingerprint density at radius 1 is 1.04 bits per heavy atom. The van der Waals surface area contributed by atoms with Crippen LogP contribution >= 0.6 is 0 Å². The number of pyridine rings is 1. The summed E-state index contributed by atoms with van der Waals surface area (Å²) < 4.78 is 37.9. The molecule has 2 N–H and O–H groups in total. The number of anilines is 3. The predicted molar refractivity (Wildman–Crippen MR) is 93.1 cm³/mol. The van der Waals surface area contributed by atoms with Gasteiger partial charge in [-0.2, -0.15) is 18.2 Å². The van der Waals surface area contributed by atoms with Gasteiger partial charge in [0.25, 0.3) is 0 Å². The van der Waals surface area contributed by atoms with E-state index in [-0.39, 0.29) is 0 Å². The Kier molecular flexibility index (Phi) is 5.01. The van der Waals surface area contributed by atoms with Crippen LogP contribution in [0.25, 0.3) is 0 Å². The second-order valence-corrected chi connectivity index (χ2v) is 5.63. The maximum atomic E-state index is 12.6. The van der Waals surface area contributed by atoms with Gasteiger partial charge in [-0.25, -0.2) is 4.98 Å². The van der Waals surface area contributed by atoms with Gasteiger partial charge in [-0.1, -0.05) is 6.07 Å². The second kappa shape index (κ2) is 7.38. The average molecular weight is 359 g/mol. The summed E-state index contributed by atoms with van der Waals surface area (Å²) >= 11 is 0. The molecular formula is C18H16F3N5. The summed E-state index contributed by atoms with van der Waals surface area (Å²) in [6.45, 7) is 2.33. The number of aryl methyl sites for hydroxylation is 1. The number of rotatable bonds is 5. The van der Waals surface area contributed by atoms with Crippen molar-refractivity contribution < 1.29 is 13.2 Å². The molecule has 8 heteroatoms. The van der Waals surface area contributed by atoms with Gasteiger partial charge in [0.1, 0.15) is 5.82 Å². The smallest absolute Gasteiger partial charge is 0.350 e. The van der Waals surface area contributed by atoms with E-state index in [9.17, 15) is 13.2 Å². The summed E-state index contributed by atoms with van der Waals surface area (Å²) in [5.74, 6) is 0.911. The third-order valence-corrected chi connectivity index (χ3v) is 3.51. The van der Waals surface area contributed by atoms with Crippen molar-refractivity contribution in [3.8, 4) is 0 Å². The molecule has 0 radical (unpaired) electrons. The molecule has 1 aromatic carbocycles. The van der Waals surface area contributed by atoms with E-state index in [1.54, 1.807) is 18.5 Å². The number of hydrogen-bond donors (Lipinski definition) is 2. The highest BCUT2D eigenvalue weighted by Gasteiger charge is 2.29. The van der Waals surface area contributed by atoms with Crippen LogP contribution < -0.4 is 10.6 Å². The van der Waals surface area contributed by atoms with E-state index in [2.05, 4.69) is 25.6 Å². The van der Waals surface area contributed by atoms with Gasteiger partial charge in [0.15, 0.2) is 0 Å². The maximum Gasteiger partial charge on any atom is 0.416 e. The number of hydrogen-bond acceptors (Lipinski definition) is 5. The molecule has 3 aromatic rings. The fraction of sp³-hybridized carbons (Fsp3) is 0.167. The fourth-order valence-electron chi connectivity index (χ4n) is 2.29. The van der Waals surface area contributed by atoms with E-state index in [1.165, 1.54) is 12.1 Å². The van der Waals surface area contributed by atoms with Gasteiger partial charge in [-0.05, 0) is 42.8 Å². The van der Waals surface area contributed by atoms with Crippen LogP contribution in [0.5, 0.6) is 0 Å². The molecule has 3 rings (SSSR count). The van der Waals surface area contributed by atoms with Crippen molar-refractivity contribution in [1.82, 2.24) is 15.0 Å². The molecule has 0 aliphatic carbocycles. The Hall–Kier alpha value is -3.16. The Bertz CT molecular complexity index is 864. The van der Waals surface area contributed by atoms with Gasteiger partial charge in [-0.3, -0.25) is 4.98 Å². The summed E-state index contributed by atoms with van der Waals surface area (Å²) in [4.78, 5) is 12.7. The standard InChI is InChI=1S/C18H16F3N5/c1-12-9-16(25-15-6-4-14(5-7-15)18(19,20)21)26-17(24-12)23-11-13-3-2-8-22-10-13/h2-10H,11H2,1H3,(H2,23,24,25,26). The largest absolute Gasteiger partial charge is 0.416 e. The average Bonchev–Trinajstić information content (AvgIpc) is 2.60. The zero-order chi connectivity index (χ0) is 18.6. The fourth-order valence-corrected chi connectivity index (χ4v) is 2.29. The van der Waals surface area contributed by atoms with Crippen molar-refractivity contribution in [3.05, 3.63) is 71.7 Å².